The maximum absolute atomic E-state index is 9.94. The second-order valence-electron chi connectivity index (χ2n) is 5.10. The summed E-state index contributed by atoms with van der Waals surface area (Å²) in [7, 11) is 0. The number of nitrogens with zero attached hydrogens (tertiary/aromatic N) is 3. The SMILES string of the molecule is Cc1ccc(O)c(-c2nc(N3CCCNCC3)n[nH]2)c1. The average molecular weight is 273 g/mol. The lowest BCUT2D eigenvalue weighted by atomic mass is 10.1. The van der Waals surface area contributed by atoms with Crippen molar-refractivity contribution in [2.75, 3.05) is 31.1 Å². The quantitative estimate of drug-likeness (QED) is 0.768. The van der Waals surface area contributed by atoms with Crippen molar-refractivity contribution in [1.82, 2.24) is 20.5 Å². The summed E-state index contributed by atoms with van der Waals surface area (Å²) in [5.74, 6) is 1.53. The molecule has 3 rings (SSSR count). The van der Waals surface area contributed by atoms with Crippen molar-refractivity contribution in [2.24, 2.45) is 0 Å². The van der Waals surface area contributed by atoms with Gasteiger partial charge in [-0.1, -0.05) is 11.6 Å². The summed E-state index contributed by atoms with van der Waals surface area (Å²) in [5.41, 5.74) is 1.77. The second-order valence-corrected chi connectivity index (χ2v) is 5.10. The minimum Gasteiger partial charge on any atom is -0.507 e. The standard InChI is InChI=1S/C14H19N5O/c1-10-3-4-12(20)11(9-10)13-16-14(18-17-13)19-7-2-5-15-6-8-19/h3-4,9,15,20H,2,5-8H2,1H3,(H,16,17,18). The number of rotatable bonds is 2. The van der Waals surface area contributed by atoms with Gasteiger partial charge in [-0.2, -0.15) is 4.98 Å². The van der Waals surface area contributed by atoms with E-state index in [1.54, 1.807) is 6.07 Å². The molecule has 0 radical (unpaired) electrons. The van der Waals surface area contributed by atoms with E-state index in [9.17, 15) is 5.11 Å². The summed E-state index contributed by atoms with van der Waals surface area (Å²) in [6.07, 6.45) is 1.08. The van der Waals surface area contributed by atoms with Gasteiger partial charge in [0.15, 0.2) is 5.82 Å². The molecule has 1 aromatic heterocycles. The number of aromatic hydroxyl groups is 1. The molecule has 1 aliphatic rings. The molecule has 1 aromatic carbocycles. The van der Waals surface area contributed by atoms with E-state index in [1.165, 1.54) is 0 Å². The first-order chi connectivity index (χ1) is 9.74. The first kappa shape index (κ1) is 12.9. The molecular formula is C14H19N5O. The minimum absolute atomic E-state index is 0.218. The number of nitrogens with one attached hydrogen (secondary N) is 2. The van der Waals surface area contributed by atoms with Crippen LogP contribution in [0.15, 0.2) is 18.2 Å². The molecule has 1 aliphatic heterocycles. The topological polar surface area (TPSA) is 77.1 Å². The molecule has 20 heavy (non-hydrogen) atoms. The Morgan fingerprint density at radius 2 is 2.15 bits per heavy atom. The number of anilines is 1. The maximum atomic E-state index is 9.94. The minimum atomic E-state index is 0.218. The zero-order chi connectivity index (χ0) is 13.9. The number of H-pyrrole nitrogens is 1. The monoisotopic (exact) mass is 273 g/mol. The molecule has 6 heteroatoms. The number of benzene rings is 1. The normalized spacial score (nSPS) is 16.1. The Morgan fingerprint density at radius 3 is 3.05 bits per heavy atom. The zero-order valence-corrected chi connectivity index (χ0v) is 11.6. The van der Waals surface area contributed by atoms with Gasteiger partial charge in [0.05, 0.1) is 5.56 Å². The highest BCUT2D eigenvalue weighted by Gasteiger charge is 2.16. The van der Waals surface area contributed by atoms with Gasteiger partial charge in [-0.15, -0.1) is 5.10 Å². The number of aryl methyl sites for hydroxylation is 1. The van der Waals surface area contributed by atoms with E-state index in [4.69, 9.17) is 0 Å². The van der Waals surface area contributed by atoms with Crippen LogP contribution < -0.4 is 10.2 Å². The Morgan fingerprint density at radius 1 is 1.25 bits per heavy atom. The van der Waals surface area contributed by atoms with Gasteiger partial charge >= 0.3 is 0 Å². The van der Waals surface area contributed by atoms with Crippen molar-refractivity contribution < 1.29 is 5.11 Å². The average Bonchev–Trinajstić information content (AvgIpc) is 2.77. The van der Waals surface area contributed by atoms with Gasteiger partial charge in [-0.3, -0.25) is 5.10 Å². The third-order valence-corrected chi connectivity index (χ3v) is 3.50. The molecule has 0 amide bonds. The fourth-order valence-corrected chi connectivity index (χ4v) is 2.40. The maximum Gasteiger partial charge on any atom is 0.245 e. The highest BCUT2D eigenvalue weighted by Crippen LogP contribution is 2.28. The van der Waals surface area contributed by atoms with Gasteiger partial charge in [0.25, 0.3) is 0 Å². The lowest BCUT2D eigenvalue weighted by molar-refractivity contribution is 0.477. The number of phenolic OH excluding ortho intramolecular Hbond substituents is 1. The Bertz CT molecular complexity index is 587. The van der Waals surface area contributed by atoms with Crippen LogP contribution in [0.1, 0.15) is 12.0 Å². The molecule has 6 nitrogen and oxygen atoms in total. The van der Waals surface area contributed by atoms with Crippen molar-refractivity contribution in [2.45, 2.75) is 13.3 Å². The predicted molar refractivity (Wildman–Crippen MR) is 77.9 cm³/mol. The van der Waals surface area contributed by atoms with Crippen LogP contribution in [0.4, 0.5) is 5.95 Å². The molecule has 2 heterocycles. The molecule has 0 saturated carbocycles. The molecule has 106 valence electrons. The van der Waals surface area contributed by atoms with Gasteiger partial charge < -0.3 is 15.3 Å². The van der Waals surface area contributed by atoms with Gasteiger partial charge in [0, 0.05) is 19.6 Å². The summed E-state index contributed by atoms with van der Waals surface area (Å²) < 4.78 is 0. The van der Waals surface area contributed by atoms with E-state index in [-0.39, 0.29) is 5.75 Å². The Kier molecular flexibility index (Phi) is 3.56. The number of hydrogen-bond acceptors (Lipinski definition) is 5. The summed E-state index contributed by atoms with van der Waals surface area (Å²) >= 11 is 0. The van der Waals surface area contributed by atoms with Gasteiger partial charge in [-0.25, -0.2) is 0 Å². The van der Waals surface area contributed by atoms with Gasteiger partial charge in [0.2, 0.25) is 5.95 Å². The van der Waals surface area contributed by atoms with Crippen LogP contribution in [-0.2, 0) is 0 Å². The van der Waals surface area contributed by atoms with E-state index in [2.05, 4.69) is 25.4 Å². The van der Waals surface area contributed by atoms with Crippen LogP contribution in [0.5, 0.6) is 5.75 Å². The first-order valence-electron chi connectivity index (χ1n) is 6.92. The molecule has 0 atom stereocenters. The lowest BCUT2D eigenvalue weighted by Crippen LogP contribution is -2.28. The molecule has 2 aromatic rings. The molecule has 3 N–H and O–H groups in total. The Balaban J connectivity index is 1.87. The molecule has 1 fully saturated rings. The molecule has 0 unspecified atom stereocenters. The summed E-state index contributed by atoms with van der Waals surface area (Å²) in [5, 5.41) is 20.5. The zero-order valence-electron chi connectivity index (χ0n) is 11.6. The molecular weight excluding hydrogens is 254 g/mol. The third-order valence-electron chi connectivity index (χ3n) is 3.50. The van der Waals surface area contributed by atoms with Crippen LogP contribution in [0.3, 0.4) is 0 Å². The first-order valence-corrected chi connectivity index (χ1v) is 6.92. The van der Waals surface area contributed by atoms with Crippen LogP contribution in [-0.4, -0.2) is 46.5 Å². The highest BCUT2D eigenvalue weighted by molar-refractivity contribution is 5.65. The summed E-state index contributed by atoms with van der Waals surface area (Å²) in [4.78, 5) is 6.68. The van der Waals surface area contributed by atoms with Crippen molar-refractivity contribution >= 4 is 5.95 Å². The smallest absolute Gasteiger partial charge is 0.245 e. The van der Waals surface area contributed by atoms with E-state index in [1.807, 2.05) is 19.1 Å². The molecule has 1 saturated heterocycles. The van der Waals surface area contributed by atoms with Crippen molar-refractivity contribution in [1.29, 1.82) is 0 Å². The van der Waals surface area contributed by atoms with Crippen LogP contribution in [0, 0.1) is 6.92 Å². The highest BCUT2D eigenvalue weighted by atomic mass is 16.3. The largest absolute Gasteiger partial charge is 0.507 e. The fourth-order valence-electron chi connectivity index (χ4n) is 2.40. The van der Waals surface area contributed by atoms with Gasteiger partial charge in [-0.05, 0) is 32.0 Å². The lowest BCUT2D eigenvalue weighted by Gasteiger charge is -2.16. The van der Waals surface area contributed by atoms with Crippen LogP contribution >= 0.6 is 0 Å². The number of phenols is 1. The Labute approximate surface area is 117 Å². The Hall–Kier alpha value is -2.08. The fraction of sp³-hybridized carbons (Fsp3) is 0.429. The summed E-state index contributed by atoms with van der Waals surface area (Å²) in [6, 6.07) is 5.46. The van der Waals surface area contributed by atoms with E-state index in [0.717, 1.165) is 38.2 Å². The third kappa shape index (κ3) is 2.60. The van der Waals surface area contributed by atoms with Crippen LogP contribution in [0.2, 0.25) is 0 Å². The van der Waals surface area contributed by atoms with Gasteiger partial charge in [0.1, 0.15) is 5.75 Å². The van der Waals surface area contributed by atoms with Crippen molar-refractivity contribution in [3.05, 3.63) is 23.8 Å². The number of hydrogen-bond donors (Lipinski definition) is 3. The molecule has 0 bridgehead atoms. The molecule has 0 aliphatic carbocycles. The van der Waals surface area contributed by atoms with Crippen molar-refractivity contribution in [3.63, 3.8) is 0 Å². The van der Waals surface area contributed by atoms with E-state index in [0.29, 0.717) is 17.3 Å². The predicted octanol–water partition coefficient (Wildman–Crippen LogP) is 1.29. The molecule has 0 spiro atoms. The van der Waals surface area contributed by atoms with Crippen molar-refractivity contribution in [3.8, 4) is 17.1 Å². The second kappa shape index (κ2) is 5.50. The number of aromatic amines is 1. The van der Waals surface area contributed by atoms with E-state index < -0.39 is 0 Å². The van der Waals surface area contributed by atoms with E-state index >= 15 is 0 Å². The number of aromatic nitrogens is 3. The van der Waals surface area contributed by atoms with Crippen LogP contribution in [0.25, 0.3) is 11.4 Å². The summed E-state index contributed by atoms with van der Waals surface area (Å²) in [6.45, 7) is 5.81.